The number of rotatable bonds is 7. The zero-order valence-corrected chi connectivity index (χ0v) is 17.8. The Morgan fingerprint density at radius 1 is 1.34 bits per heavy atom. The van der Waals surface area contributed by atoms with Crippen molar-refractivity contribution in [3.63, 3.8) is 0 Å². The molecule has 1 fully saturated rings. The normalized spacial score (nSPS) is 17.5. The third-order valence-electron chi connectivity index (χ3n) is 5.19. The Morgan fingerprint density at radius 2 is 2.17 bits per heavy atom. The molecule has 2 unspecified atom stereocenters. The van der Waals surface area contributed by atoms with Crippen LogP contribution in [0.2, 0.25) is 0 Å². The summed E-state index contributed by atoms with van der Waals surface area (Å²) < 4.78 is 10.7. The van der Waals surface area contributed by atoms with Gasteiger partial charge < -0.3 is 19.7 Å². The first kappa shape index (κ1) is 21.1. The Labute approximate surface area is 175 Å². The van der Waals surface area contributed by atoms with E-state index in [4.69, 9.17) is 9.47 Å². The largest absolute Gasteiger partial charge is 0.497 e. The lowest BCUT2D eigenvalue weighted by Gasteiger charge is -2.36. The Hall–Kier alpha value is -2.61. The van der Waals surface area contributed by atoms with Crippen LogP contribution in [-0.2, 0) is 16.0 Å². The average Bonchev–Trinajstić information content (AvgIpc) is 3.26. The van der Waals surface area contributed by atoms with E-state index in [-0.39, 0.29) is 30.2 Å². The van der Waals surface area contributed by atoms with Gasteiger partial charge in [0.1, 0.15) is 16.5 Å². The molecule has 8 heteroatoms. The molecule has 1 aliphatic heterocycles. The standard InChI is InChI=1S/C21H27N3O4S/c1-14(25)23-20(21-22-8-10-29-21)15-5-4-9-24(13-15)19(26)12-16-11-17(27-2)6-7-18(16)28-3/h6-8,10-11,15,20H,4-5,9,12-13H2,1-3H3,(H,23,25). The quantitative estimate of drug-likeness (QED) is 0.749. The van der Waals surface area contributed by atoms with Crippen molar-refractivity contribution in [3.05, 3.63) is 40.3 Å². The molecule has 3 rings (SSSR count). The zero-order valence-electron chi connectivity index (χ0n) is 17.0. The molecule has 156 valence electrons. The first-order valence-electron chi connectivity index (χ1n) is 9.67. The van der Waals surface area contributed by atoms with E-state index in [9.17, 15) is 9.59 Å². The maximum Gasteiger partial charge on any atom is 0.227 e. The molecule has 1 aromatic carbocycles. The highest BCUT2D eigenvalue weighted by atomic mass is 32.1. The molecule has 29 heavy (non-hydrogen) atoms. The lowest BCUT2D eigenvalue weighted by atomic mass is 9.90. The number of piperidine rings is 1. The van der Waals surface area contributed by atoms with Crippen LogP contribution < -0.4 is 14.8 Å². The van der Waals surface area contributed by atoms with Crippen LogP contribution >= 0.6 is 11.3 Å². The minimum absolute atomic E-state index is 0.0435. The molecule has 0 aliphatic carbocycles. The second-order valence-electron chi connectivity index (χ2n) is 7.15. The van der Waals surface area contributed by atoms with Crippen molar-refractivity contribution in [1.82, 2.24) is 15.2 Å². The molecule has 0 bridgehead atoms. The number of hydrogen-bond acceptors (Lipinski definition) is 6. The number of likely N-dealkylation sites (tertiary alicyclic amines) is 1. The summed E-state index contributed by atoms with van der Waals surface area (Å²) in [7, 11) is 3.20. The van der Waals surface area contributed by atoms with Crippen LogP contribution in [0.15, 0.2) is 29.8 Å². The van der Waals surface area contributed by atoms with Gasteiger partial charge in [-0.3, -0.25) is 9.59 Å². The molecule has 1 saturated heterocycles. The number of aromatic nitrogens is 1. The second kappa shape index (κ2) is 9.73. The second-order valence-corrected chi connectivity index (χ2v) is 8.07. The predicted molar refractivity (Wildman–Crippen MR) is 111 cm³/mol. The summed E-state index contributed by atoms with van der Waals surface area (Å²) in [5, 5.41) is 5.82. The number of carbonyl (C=O) groups excluding carboxylic acids is 2. The summed E-state index contributed by atoms with van der Waals surface area (Å²) in [5.41, 5.74) is 0.803. The van der Waals surface area contributed by atoms with Crippen molar-refractivity contribution in [1.29, 1.82) is 0 Å². The lowest BCUT2D eigenvalue weighted by Crippen LogP contribution is -2.45. The van der Waals surface area contributed by atoms with E-state index in [1.165, 1.54) is 18.3 Å². The molecule has 0 spiro atoms. The number of ether oxygens (including phenoxy) is 2. The Kier molecular flexibility index (Phi) is 7.09. The minimum Gasteiger partial charge on any atom is -0.497 e. The average molecular weight is 418 g/mol. The molecule has 7 nitrogen and oxygen atoms in total. The number of amides is 2. The van der Waals surface area contributed by atoms with E-state index in [0.717, 1.165) is 23.4 Å². The van der Waals surface area contributed by atoms with E-state index in [2.05, 4.69) is 10.3 Å². The van der Waals surface area contributed by atoms with Gasteiger partial charge in [0.15, 0.2) is 0 Å². The monoisotopic (exact) mass is 417 g/mol. The molecular weight excluding hydrogens is 390 g/mol. The van der Waals surface area contributed by atoms with Gasteiger partial charge in [-0.05, 0) is 31.0 Å². The predicted octanol–water partition coefficient (Wildman–Crippen LogP) is 2.82. The number of benzene rings is 1. The number of nitrogens with one attached hydrogen (secondary N) is 1. The smallest absolute Gasteiger partial charge is 0.227 e. The fraction of sp³-hybridized carbons (Fsp3) is 0.476. The third-order valence-corrected chi connectivity index (χ3v) is 6.05. The first-order chi connectivity index (χ1) is 14.0. The van der Waals surface area contributed by atoms with Crippen LogP contribution in [0.1, 0.15) is 36.4 Å². The van der Waals surface area contributed by atoms with Gasteiger partial charge in [-0.15, -0.1) is 11.3 Å². The van der Waals surface area contributed by atoms with E-state index >= 15 is 0 Å². The van der Waals surface area contributed by atoms with E-state index in [0.29, 0.717) is 24.6 Å². The molecule has 2 amide bonds. The summed E-state index contributed by atoms with van der Waals surface area (Å²) in [6.45, 7) is 2.82. The van der Waals surface area contributed by atoms with Gasteiger partial charge in [-0.25, -0.2) is 4.98 Å². The first-order valence-corrected chi connectivity index (χ1v) is 10.5. The molecule has 0 saturated carbocycles. The van der Waals surface area contributed by atoms with Gasteiger partial charge >= 0.3 is 0 Å². The van der Waals surface area contributed by atoms with Crippen molar-refractivity contribution in [2.75, 3.05) is 27.3 Å². The van der Waals surface area contributed by atoms with E-state index in [1.54, 1.807) is 20.4 Å². The van der Waals surface area contributed by atoms with Crippen molar-refractivity contribution in [2.45, 2.75) is 32.2 Å². The van der Waals surface area contributed by atoms with Crippen molar-refractivity contribution in [3.8, 4) is 11.5 Å². The summed E-state index contributed by atoms with van der Waals surface area (Å²) in [6.07, 6.45) is 3.83. The maximum absolute atomic E-state index is 13.0. The Balaban J connectivity index is 1.73. The summed E-state index contributed by atoms with van der Waals surface area (Å²) >= 11 is 1.53. The van der Waals surface area contributed by atoms with Gasteiger partial charge in [-0.1, -0.05) is 0 Å². The molecule has 2 atom stereocenters. The van der Waals surface area contributed by atoms with Gasteiger partial charge in [0, 0.05) is 43.1 Å². The van der Waals surface area contributed by atoms with E-state index in [1.807, 2.05) is 28.5 Å². The maximum atomic E-state index is 13.0. The van der Waals surface area contributed by atoms with Crippen LogP contribution in [0.25, 0.3) is 0 Å². The van der Waals surface area contributed by atoms with Crippen molar-refractivity contribution in [2.24, 2.45) is 5.92 Å². The number of carbonyl (C=O) groups is 2. The molecule has 1 aliphatic rings. The summed E-state index contributed by atoms with van der Waals surface area (Å²) in [6, 6.07) is 5.30. The highest BCUT2D eigenvalue weighted by Gasteiger charge is 2.32. The number of nitrogens with zero attached hydrogens (tertiary/aromatic N) is 2. The molecule has 1 aromatic heterocycles. The van der Waals surface area contributed by atoms with Crippen LogP contribution in [0.3, 0.4) is 0 Å². The van der Waals surface area contributed by atoms with Gasteiger partial charge in [0.2, 0.25) is 11.8 Å². The van der Waals surface area contributed by atoms with Crippen LogP contribution in [0.5, 0.6) is 11.5 Å². The summed E-state index contributed by atoms with van der Waals surface area (Å²) in [5.74, 6) is 1.46. The highest BCUT2D eigenvalue weighted by Crippen LogP contribution is 2.32. The third kappa shape index (κ3) is 5.26. The number of thiazole rings is 1. The van der Waals surface area contributed by atoms with Gasteiger partial charge in [0.05, 0.1) is 26.7 Å². The topological polar surface area (TPSA) is 80.8 Å². The summed E-state index contributed by atoms with van der Waals surface area (Å²) in [4.78, 5) is 31.1. The fourth-order valence-corrected chi connectivity index (χ4v) is 4.57. The molecular formula is C21H27N3O4S. The van der Waals surface area contributed by atoms with Crippen LogP contribution in [-0.4, -0.2) is 49.0 Å². The molecule has 0 radical (unpaired) electrons. The van der Waals surface area contributed by atoms with Crippen LogP contribution in [0.4, 0.5) is 0 Å². The highest BCUT2D eigenvalue weighted by molar-refractivity contribution is 7.09. The molecule has 2 aromatic rings. The van der Waals surface area contributed by atoms with Crippen LogP contribution in [0, 0.1) is 5.92 Å². The SMILES string of the molecule is COc1ccc(OC)c(CC(=O)N2CCCC(C(NC(C)=O)c3nccs3)C2)c1. The van der Waals surface area contributed by atoms with Crippen molar-refractivity contribution < 1.29 is 19.1 Å². The van der Waals surface area contributed by atoms with Gasteiger partial charge in [-0.2, -0.15) is 0 Å². The Bertz CT molecular complexity index is 840. The van der Waals surface area contributed by atoms with E-state index < -0.39 is 0 Å². The fourth-order valence-electron chi connectivity index (χ4n) is 3.79. The number of methoxy groups -OCH3 is 2. The zero-order chi connectivity index (χ0) is 20.8. The molecule has 2 heterocycles. The van der Waals surface area contributed by atoms with Gasteiger partial charge in [0.25, 0.3) is 0 Å². The Morgan fingerprint density at radius 3 is 2.83 bits per heavy atom. The molecule has 1 N–H and O–H groups in total. The number of hydrogen-bond donors (Lipinski definition) is 1. The lowest BCUT2D eigenvalue weighted by molar-refractivity contribution is -0.132. The minimum atomic E-state index is -0.172. The van der Waals surface area contributed by atoms with Crippen molar-refractivity contribution >= 4 is 23.2 Å².